The molecule has 110 valence electrons. The number of rotatable bonds is 2. The number of hydrogen-bond acceptors (Lipinski definition) is 5. The van der Waals surface area contributed by atoms with Crippen molar-refractivity contribution in [1.29, 1.82) is 0 Å². The van der Waals surface area contributed by atoms with Crippen molar-refractivity contribution in [1.82, 2.24) is 4.98 Å². The van der Waals surface area contributed by atoms with Gasteiger partial charge < -0.3 is 10.6 Å². The molecule has 7 heteroatoms. The Hall–Kier alpha value is -2.28. The van der Waals surface area contributed by atoms with Crippen LogP contribution in [0.15, 0.2) is 47.5 Å². The molecule has 1 aromatic carbocycles. The zero-order valence-corrected chi connectivity index (χ0v) is 12.4. The van der Waals surface area contributed by atoms with Crippen molar-refractivity contribution >= 4 is 27.2 Å². The number of aromatic nitrogens is 1. The highest BCUT2D eigenvalue weighted by atomic mass is 32.2. The van der Waals surface area contributed by atoms with Gasteiger partial charge in [-0.15, -0.1) is 0 Å². The molecule has 2 heterocycles. The Morgan fingerprint density at radius 1 is 1.14 bits per heavy atom. The first kappa shape index (κ1) is 13.7. The van der Waals surface area contributed by atoms with Gasteiger partial charge in [-0.25, -0.2) is 13.4 Å². The summed E-state index contributed by atoms with van der Waals surface area (Å²) in [6, 6.07) is 10.3. The number of benzene rings is 1. The summed E-state index contributed by atoms with van der Waals surface area (Å²) in [5.74, 6) is 0.193. The van der Waals surface area contributed by atoms with Crippen LogP contribution in [0.25, 0.3) is 0 Å². The molecule has 6 nitrogen and oxygen atoms in total. The largest absolute Gasteiger partial charge is 0.384 e. The normalized spacial score (nSPS) is 14.9. The average Bonchev–Trinajstić information content (AvgIpc) is 2.47. The van der Waals surface area contributed by atoms with Gasteiger partial charge in [-0.1, -0.05) is 12.1 Å². The number of nitrogens with zero attached hydrogens (tertiary/aromatic N) is 3. The molecule has 1 aliphatic rings. The topological polar surface area (TPSA) is 79.5 Å². The zero-order valence-electron chi connectivity index (χ0n) is 11.6. The molecule has 0 saturated carbocycles. The molecule has 0 unspecified atom stereocenters. The maximum atomic E-state index is 12.8. The first-order valence-corrected chi connectivity index (χ1v) is 7.98. The van der Waals surface area contributed by atoms with E-state index >= 15 is 0 Å². The van der Waals surface area contributed by atoms with Crippen LogP contribution in [-0.4, -0.2) is 33.5 Å². The van der Waals surface area contributed by atoms with Crippen LogP contribution in [0.3, 0.4) is 0 Å². The van der Waals surface area contributed by atoms with E-state index in [-0.39, 0.29) is 10.7 Å². The summed E-state index contributed by atoms with van der Waals surface area (Å²) in [5, 5.41) is 0. The van der Waals surface area contributed by atoms with Crippen molar-refractivity contribution in [3.63, 3.8) is 0 Å². The fraction of sp³-hybridized carbons (Fsp3) is 0.214. The Bertz CT molecular complexity index is 776. The Morgan fingerprint density at radius 2 is 1.86 bits per heavy atom. The molecule has 0 radical (unpaired) electrons. The predicted molar refractivity (Wildman–Crippen MR) is 82.9 cm³/mol. The summed E-state index contributed by atoms with van der Waals surface area (Å²) in [7, 11) is -1.68. The minimum Gasteiger partial charge on any atom is -0.384 e. The summed E-state index contributed by atoms with van der Waals surface area (Å²) in [6.45, 7) is 1.04. The van der Waals surface area contributed by atoms with Gasteiger partial charge >= 0.3 is 0 Å². The van der Waals surface area contributed by atoms with E-state index in [1.807, 2.05) is 36.2 Å². The summed E-state index contributed by atoms with van der Waals surface area (Å²) in [5.41, 5.74) is 7.18. The second kappa shape index (κ2) is 4.92. The van der Waals surface area contributed by atoms with E-state index in [9.17, 15) is 8.42 Å². The van der Waals surface area contributed by atoms with Gasteiger partial charge in [-0.05, 0) is 18.2 Å². The minimum atomic E-state index is -3.63. The van der Waals surface area contributed by atoms with Crippen molar-refractivity contribution in [3.8, 4) is 0 Å². The second-order valence-electron chi connectivity index (χ2n) is 4.90. The SMILES string of the molecule is CN1CCN(S(=O)(=O)c2ccnc(N)c2)c2ccccc21. The average molecular weight is 304 g/mol. The standard InChI is InChI=1S/C14H16N4O2S/c1-17-8-9-18(13-5-3-2-4-12(13)17)21(19,20)11-6-7-16-14(15)10-11/h2-7,10H,8-9H2,1H3,(H2,15,16). The molecular formula is C14H16N4O2S. The van der Waals surface area contributed by atoms with Crippen LogP contribution in [0, 0.1) is 0 Å². The molecule has 0 aliphatic carbocycles. The molecule has 2 N–H and O–H groups in total. The number of sulfonamides is 1. The minimum absolute atomic E-state index is 0.161. The smallest absolute Gasteiger partial charge is 0.264 e. The van der Waals surface area contributed by atoms with Crippen LogP contribution in [-0.2, 0) is 10.0 Å². The van der Waals surface area contributed by atoms with Gasteiger partial charge in [0.25, 0.3) is 10.0 Å². The lowest BCUT2D eigenvalue weighted by atomic mass is 10.2. The summed E-state index contributed by atoms with van der Waals surface area (Å²) < 4.78 is 27.1. The van der Waals surface area contributed by atoms with Crippen molar-refractivity contribution in [2.45, 2.75) is 4.90 Å². The Kier molecular flexibility index (Phi) is 3.21. The third-order valence-electron chi connectivity index (χ3n) is 3.54. The number of pyridine rings is 1. The Balaban J connectivity index is 2.11. The van der Waals surface area contributed by atoms with Crippen LogP contribution in [0.1, 0.15) is 0 Å². The molecule has 1 aromatic heterocycles. The Morgan fingerprint density at radius 3 is 2.57 bits per heavy atom. The van der Waals surface area contributed by atoms with Gasteiger partial charge in [0.15, 0.2) is 0 Å². The maximum Gasteiger partial charge on any atom is 0.264 e. The highest BCUT2D eigenvalue weighted by Gasteiger charge is 2.30. The molecule has 0 spiro atoms. The molecule has 0 bridgehead atoms. The van der Waals surface area contributed by atoms with Gasteiger partial charge in [0, 0.05) is 25.9 Å². The van der Waals surface area contributed by atoms with E-state index in [4.69, 9.17) is 5.73 Å². The van der Waals surface area contributed by atoms with Gasteiger partial charge in [-0.3, -0.25) is 4.31 Å². The lowest BCUT2D eigenvalue weighted by molar-refractivity contribution is 0.589. The first-order valence-electron chi connectivity index (χ1n) is 6.54. The zero-order chi connectivity index (χ0) is 15.0. The molecule has 0 amide bonds. The lowest BCUT2D eigenvalue weighted by Crippen LogP contribution is -2.42. The van der Waals surface area contributed by atoms with Crippen LogP contribution in [0.4, 0.5) is 17.2 Å². The van der Waals surface area contributed by atoms with E-state index in [1.54, 1.807) is 0 Å². The molecule has 0 fully saturated rings. The third-order valence-corrected chi connectivity index (χ3v) is 5.35. The van der Waals surface area contributed by atoms with Crippen LogP contribution in [0.2, 0.25) is 0 Å². The summed E-state index contributed by atoms with van der Waals surface area (Å²) in [4.78, 5) is 6.05. The van der Waals surface area contributed by atoms with E-state index < -0.39 is 10.0 Å². The fourth-order valence-electron chi connectivity index (χ4n) is 2.44. The van der Waals surface area contributed by atoms with Crippen molar-refractivity contribution in [2.75, 3.05) is 35.1 Å². The first-order chi connectivity index (χ1) is 10.00. The second-order valence-corrected chi connectivity index (χ2v) is 6.77. The number of anilines is 3. The number of hydrogen-bond donors (Lipinski definition) is 1. The number of nitrogens with two attached hydrogens (primary N) is 1. The molecule has 3 rings (SSSR count). The van der Waals surface area contributed by atoms with E-state index in [0.717, 1.165) is 5.69 Å². The summed E-state index contributed by atoms with van der Waals surface area (Å²) >= 11 is 0. The molecular weight excluding hydrogens is 288 g/mol. The number of para-hydroxylation sites is 2. The quantitative estimate of drug-likeness (QED) is 0.905. The molecule has 2 aromatic rings. The van der Waals surface area contributed by atoms with Crippen molar-refractivity contribution < 1.29 is 8.42 Å². The third kappa shape index (κ3) is 2.29. The molecule has 21 heavy (non-hydrogen) atoms. The molecule has 0 saturated heterocycles. The number of nitrogen functional groups attached to an aromatic ring is 1. The van der Waals surface area contributed by atoms with Crippen LogP contribution < -0.4 is 14.9 Å². The lowest BCUT2D eigenvalue weighted by Gasteiger charge is -2.36. The van der Waals surface area contributed by atoms with Gasteiger partial charge in [-0.2, -0.15) is 0 Å². The highest BCUT2D eigenvalue weighted by molar-refractivity contribution is 7.92. The van der Waals surface area contributed by atoms with Crippen LogP contribution >= 0.6 is 0 Å². The molecule has 0 atom stereocenters. The predicted octanol–water partition coefficient (Wildman–Crippen LogP) is 1.31. The van der Waals surface area contributed by atoms with Gasteiger partial charge in [0.2, 0.25) is 0 Å². The Labute approximate surface area is 123 Å². The number of fused-ring (bicyclic) bond motifs is 1. The maximum absolute atomic E-state index is 12.8. The van der Waals surface area contributed by atoms with E-state index in [1.165, 1.54) is 22.6 Å². The van der Waals surface area contributed by atoms with Crippen molar-refractivity contribution in [2.24, 2.45) is 0 Å². The van der Waals surface area contributed by atoms with E-state index in [2.05, 4.69) is 4.98 Å². The number of likely N-dealkylation sites (N-methyl/N-ethyl adjacent to an activating group) is 1. The van der Waals surface area contributed by atoms with Gasteiger partial charge in [0.1, 0.15) is 5.82 Å². The summed E-state index contributed by atoms with van der Waals surface area (Å²) in [6.07, 6.45) is 1.41. The van der Waals surface area contributed by atoms with E-state index in [0.29, 0.717) is 18.8 Å². The van der Waals surface area contributed by atoms with Crippen molar-refractivity contribution in [3.05, 3.63) is 42.6 Å². The fourth-order valence-corrected chi connectivity index (χ4v) is 3.94. The molecule has 1 aliphatic heterocycles. The highest BCUT2D eigenvalue weighted by Crippen LogP contribution is 2.35. The van der Waals surface area contributed by atoms with Gasteiger partial charge in [0.05, 0.1) is 22.8 Å². The van der Waals surface area contributed by atoms with Crippen LogP contribution in [0.5, 0.6) is 0 Å². The monoisotopic (exact) mass is 304 g/mol.